The topological polar surface area (TPSA) is 84.2 Å². The highest BCUT2D eigenvalue weighted by molar-refractivity contribution is 6.03. The smallest absolute Gasteiger partial charge is 0.323 e. The van der Waals surface area contributed by atoms with Crippen molar-refractivity contribution in [2.45, 2.75) is 32.7 Å². The van der Waals surface area contributed by atoms with Crippen LogP contribution in [-0.4, -0.2) is 26.5 Å². The van der Waals surface area contributed by atoms with Crippen LogP contribution in [-0.2, 0) is 16.8 Å². The number of anilines is 1. The first kappa shape index (κ1) is 17.7. The highest BCUT2D eigenvalue weighted by Gasteiger charge is 2.15. The van der Waals surface area contributed by atoms with Crippen LogP contribution in [0.2, 0.25) is 0 Å². The Morgan fingerprint density at radius 2 is 1.92 bits per heavy atom. The van der Waals surface area contributed by atoms with Crippen LogP contribution in [0.4, 0.5) is 5.69 Å². The second kappa shape index (κ2) is 6.63. The van der Waals surface area contributed by atoms with Crippen molar-refractivity contribution in [1.29, 1.82) is 0 Å². The maximum absolute atomic E-state index is 12.4. The number of aromatic nitrogens is 2. The zero-order chi connectivity index (χ0) is 18.9. The van der Waals surface area contributed by atoms with Gasteiger partial charge in [0, 0.05) is 29.0 Å². The Morgan fingerprint density at radius 3 is 2.54 bits per heavy atom. The minimum absolute atomic E-state index is 0.0177. The van der Waals surface area contributed by atoms with Crippen molar-refractivity contribution in [3.05, 3.63) is 60.0 Å². The highest BCUT2D eigenvalue weighted by atomic mass is 16.4. The number of rotatable bonds is 4. The molecular weight excluding hydrogens is 330 g/mol. The van der Waals surface area contributed by atoms with Crippen LogP contribution in [0.5, 0.6) is 0 Å². The number of hydrogen-bond acceptors (Lipinski definition) is 3. The first-order valence-electron chi connectivity index (χ1n) is 8.32. The number of aliphatic carboxylic acids is 1. The summed E-state index contributed by atoms with van der Waals surface area (Å²) in [5, 5.41) is 12.6. The van der Waals surface area contributed by atoms with Crippen LogP contribution >= 0.6 is 0 Å². The molecule has 0 spiro atoms. The summed E-state index contributed by atoms with van der Waals surface area (Å²) in [6.45, 7) is 6.18. The van der Waals surface area contributed by atoms with Crippen LogP contribution in [0, 0.1) is 0 Å². The van der Waals surface area contributed by atoms with Gasteiger partial charge < -0.3 is 15.0 Å². The molecule has 134 valence electrons. The first-order valence-corrected chi connectivity index (χ1v) is 8.32. The van der Waals surface area contributed by atoms with Crippen LogP contribution < -0.4 is 5.32 Å². The number of carbonyl (C=O) groups is 2. The maximum Gasteiger partial charge on any atom is 0.323 e. The number of carboxylic acid groups (broad SMARTS) is 1. The van der Waals surface area contributed by atoms with Crippen LogP contribution in [0.3, 0.4) is 0 Å². The van der Waals surface area contributed by atoms with E-state index in [0.29, 0.717) is 11.4 Å². The largest absolute Gasteiger partial charge is 0.480 e. The molecular formula is C20H21N3O3. The fraction of sp³-hybridized carbons (Fsp3) is 0.250. The molecule has 0 aliphatic rings. The predicted octanol–water partition coefficient (Wildman–Crippen LogP) is 3.67. The second-order valence-corrected chi connectivity index (χ2v) is 7.25. The van der Waals surface area contributed by atoms with Gasteiger partial charge in [-0.05, 0) is 41.3 Å². The molecule has 2 N–H and O–H groups in total. The standard InChI is InChI=1S/C20H21N3O3/c1-20(2,3)14-4-6-16(21-11-14)19(26)22-15-5-7-17-13(10-15)8-9-23(17)12-18(24)25/h4-11H,12H2,1-3H3,(H,22,26)(H,24,25). The minimum atomic E-state index is -0.898. The molecule has 2 heterocycles. The second-order valence-electron chi connectivity index (χ2n) is 7.25. The molecule has 0 radical (unpaired) electrons. The number of nitrogens with zero attached hydrogens (tertiary/aromatic N) is 2. The summed E-state index contributed by atoms with van der Waals surface area (Å²) in [7, 11) is 0. The van der Waals surface area contributed by atoms with Crippen molar-refractivity contribution in [1.82, 2.24) is 9.55 Å². The summed E-state index contributed by atoms with van der Waals surface area (Å²) >= 11 is 0. The molecule has 1 aromatic carbocycles. The summed E-state index contributed by atoms with van der Waals surface area (Å²) in [5.41, 5.74) is 2.84. The lowest BCUT2D eigenvalue weighted by atomic mass is 9.88. The Hall–Kier alpha value is -3.15. The SMILES string of the molecule is CC(C)(C)c1ccc(C(=O)Nc2ccc3c(ccn3CC(=O)O)c2)nc1. The Kier molecular flexibility index (Phi) is 4.50. The minimum Gasteiger partial charge on any atom is -0.480 e. The maximum atomic E-state index is 12.4. The van der Waals surface area contributed by atoms with Crippen LogP contribution in [0.1, 0.15) is 36.8 Å². The van der Waals surface area contributed by atoms with E-state index in [1.54, 1.807) is 35.2 Å². The quantitative estimate of drug-likeness (QED) is 0.751. The number of amides is 1. The molecule has 3 rings (SSSR count). The molecule has 0 aliphatic heterocycles. The first-order chi connectivity index (χ1) is 12.2. The third kappa shape index (κ3) is 3.74. The van der Waals surface area contributed by atoms with E-state index in [2.05, 4.69) is 31.1 Å². The van der Waals surface area contributed by atoms with Gasteiger partial charge in [0.25, 0.3) is 5.91 Å². The predicted molar refractivity (Wildman–Crippen MR) is 100 cm³/mol. The van der Waals surface area contributed by atoms with Gasteiger partial charge in [-0.15, -0.1) is 0 Å². The van der Waals surface area contributed by atoms with Gasteiger partial charge in [0.2, 0.25) is 0 Å². The summed E-state index contributed by atoms with van der Waals surface area (Å²) in [4.78, 5) is 27.5. The van der Waals surface area contributed by atoms with E-state index >= 15 is 0 Å². The van der Waals surface area contributed by atoms with Crippen molar-refractivity contribution in [2.24, 2.45) is 0 Å². The monoisotopic (exact) mass is 351 g/mol. The number of hydrogen-bond donors (Lipinski definition) is 2. The summed E-state index contributed by atoms with van der Waals surface area (Å²) in [6.07, 6.45) is 3.45. The Labute approximate surface area is 151 Å². The van der Waals surface area contributed by atoms with Crippen molar-refractivity contribution in [2.75, 3.05) is 5.32 Å². The number of fused-ring (bicyclic) bond motifs is 1. The summed E-state index contributed by atoms with van der Waals surface area (Å²) in [6, 6.07) is 10.8. The molecule has 0 bridgehead atoms. The van der Waals surface area contributed by atoms with Gasteiger partial charge in [0.05, 0.1) is 0 Å². The zero-order valence-corrected chi connectivity index (χ0v) is 15.0. The molecule has 1 amide bonds. The van der Waals surface area contributed by atoms with Gasteiger partial charge in [0.1, 0.15) is 12.2 Å². The van der Waals surface area contributed by atoms with E-state index < -0.39 is 5.97 Å². The lowest BCUT2D eigenvalue weighted by molar-refractivity contribution is -0.137. The molecule has 0 fully saturated rings. The van der Waals surface area contributed by atoms with Gasteiger partial charge in [-0.2, -0.15) is 0 Å². The highest BCUT2D eigenvalue weighted by Crippen LogP contribution is 2.23. The third-order valence-corrected chi connectivity index (χ3v) is 4.20. The molecule has 26 heavy (non-hydrogen) atoms. The van der Waals surface area contributed by atoms with Crippen molar-refractivity contribution >= 4 is 28.5 Å². The number of benzene rings is 1. The number of pyridine rings is 1. The van der Waals surface area contributed by atoms with Crippen LogP contribution in [0.15, 0.2) is 48.8 Å². The number of nitrogens with one attached hydrogen (secondary N) is 1. The third-order valence-electron chi connectivity index (χ3n) is 4.20. The molecule has 0 saturated carbocycles. The number of carbonyl (C=O) groups excluding carboxylic acids is 1. The fourth-order valence-electron chi connectivity index (χ4n) is 2.73. The van der Waals surface area contributed by atoms with E-state index in [4.69, 9.17) is 5.11 Å². The lowest BCUT2D eigenvalue weighted by Gasteiger charge is -2.18. The summed E-state index contributed by atoms with van der Waals surface area (Å²) in [5.74, 6) is -1.18. The normalized spacial score (nSPS) is 11.5. The Balaban J connectivity index is 1.78. The van der Waals surface area contributed by atoms with E-state index in [1.807, 2.05) is 18.2 Å². The Morgan fingerprint density at radius 1 is 1.15 bits per heavy atom. The molecule has 0 unspecified atom stereocenters. The Bertz CT molecular complexity index is 966. The molecule has 6 nitrogen and oxygen atoms in total. The molecule has 2 aromatic heterocycles. The molecule has 6 heteroatoms. The van der Waals surface area contributed by atoms with E-state index in [9.17, 15) is 9.59 Å². The lowest BCUT2D eigenvalue weighted by Crippen LogP contribution is -2.16. The summed E-state index contributed by atoms with van der Waals surface area (Å²) < 4.78 is 1.65. The average molecular weight is 351 g/mol. The molecule has 0 atom stereocenters. The van der Waals surface area contributed by atoms with Crippen molar-refractivity contribution < 1.29 is 14.7 Å². The molecule has 0 saturated heterocycles. The number of carboxylic acids is 1. The van der Waals surface area contributed by atoms with Gasteiger partial charge >= 0.3 is 5.97 Å². The van der Waals surface area contributed by atoms with Crippen LogP contribution in [0.25, 0.3) is 10.9 Å². The zero-order valence-electron chi connectivity index (χ0n) is 15.0. The van der Waals surface area contributed by atoms with Crippen molar-refractivity contribution in [3.63, 3.8) is 0 Å². The average Bonchev–Trinajstić information content (AvgIpc) is 2.95. The molecule has 0 aliphatic carbocycles. The molecule has 3 aromatic rings. The van der Waals surface area contributed by atoms with E-state index in [-0.39, 0.29) is 17.9 Å². The van der Waals surface area contributed by atoms with Gasteiger partial charge in [-0.25, -0.2) is 0 Å². The van der Waals surface area contributed by atoms with Gasteiger partial charge in [-0.3, -0.25) is 14.6 Å². The van der Waals surface area contributed by atoms with Gasteiger partial charge in [-0.1, -0.05) is 26.8 Å². The van der Waals surface area contributed by atoms with Crippen molar-refractivity contribution in [3.8, 4) is 0 Å². The van der Waals surface area contributed by atoms with E-state index in [0.717, 1.165) is 16.5 Å². The van der Waals surface area contributed by atoms with E-state index in [1.165, 1.54) is 0 Å². The van der Waals surface area contributed by atoms with Gasteiger partial charge in [0.15, 0.2) is 0 Å². The fourth-order valence-corrected chi connectivity index (χ4v) is 2.73.